The molecule has 0 radical (unpaired) electrons. The average molecular weight is 451 g/mol. The molecule has 0 atom stereocenters. The summed E-state index contributed by atoms with van der Waals surface area (Å²) in [5.41, 5.74) is 4.41. The second-order valence-corrected chi connectivity index (χ2v) is 8.81. The number of aromatic nitrogens is 2. The first-order valence-electron chi connectivity index (χ1n) is 11.8. The highest BCUT2D eigenvalue weighted by atomic mass is 15.3. The number of fused-ring (bicyclic) bond motifs is 1. The summed E-state index contributed by atoms with van der Waals surface area (Å²) in [7, 11) is 3.92. The first kappa shape index (κ1) is 22.0. The number of hydrogen-bond acceptors (Lipinski definition) is 5. The van der Waals surface area contributed by atoms with E-state index in [1.165, 1.54) is 11.1 Å². The maximum absolute atomic E-state index is 4.98. The van der Waals surface area contributed by atoms with E-state index in [-0.39, 0.29) is 6.04 Å². The summed E-state index contributed by atoms with van der Waals surface area (Å²) >= 11 is 0. The van der Waals surface area contributed by atoms with Crippen molar-refractivity contribution in [3.63, 3.8) is 0 Å². The Morgan fingerprint density at radius 2 is 1.26 bits per heavy atom. The number of nitrogens with zero attached hydrogens (tertiary/aromatic N) is 6. The van der Waals surface area contributed by atoms with Gasteiger partial charge in [0, 0.05) is 40.3 Å². The molecule has 0 bridgehead atoms. The number of hydrogen-bond donors (Lipinski definition) is 0. The molecule has 1 saturated heterocycles. The van der Waals surface area contributed by atoms with E-state index in [4.69, 9.17) is 9.97 Å². The Hall–Kier alpha value is -3.77. The third-order valence-electron chi connectivity index (χ3n) is 6.15. The average Bonchev–Trinajstić information content (AvgIpc) is 2.89. The zero-order chi connectivity index (χ0) is 23.3. The fourth-order valence-corrected chi connectivity index (χ4v) is 4.53. The van der Waals surface area contributed by atoms with Crippen molar-refractivity contribution < 1.29 is 0 Å². The van der Waals surface area contributed by atoms with E-state index in [2.05, 4.69) is 75.5 Å². The van der Waals surface area contributed by atoms with Gasteiger partial charge in [-0.05, 0) is 23.3 Å². The number of benzene rings is 3. The Bertz CT molecular complexity index is 1210. The van der Waals surface area contributed by atoms with E-state index in [0.717, 1.165) is 43.0 Å². The predicted molar refractivity (Wildman–Crippen MR) is 140 cm³/mol. The van der Waals surface area contributed by atoms with Crippen LogP contribution in [-0.4, -0.2) is 66.4 Å². The molecule has 0 N–H and O–H groups in total. The molecular formula is C28H30N6. The molecule has 2 heterocycles. The molecule has 1 aromatic heterocycles. The lowest BCUT2D eigenvalue weighted by molar-refractivity contribution is 0.212. The summed E-state index contributed by atoms with van der Waals surface area (Å²) in [5, 5.41) is 0. The number of para-hydroxylation sites is 2. The molecule has 3 aromatic carbocycles. The molecule has 0 saturated carbocycles. The fraction of sp³-hybridized carbons (Fsp3) is 0.250. The van der Waals surface area contributed by atoms with E-state index in [0.29, 0.717) is 5.82 Å². The maximum atomic E-state index is 4.98. The van der Waals surface area contributed by atoms with Crippen LogP contribution in [-0.2, 0) is 0 Å². The Morgan fingerprint density at radius 3 is 1.82 bits per heavy atom. The smallest absolute Gasteiger partial charge is 0.197 e. The Morgan fingerprint density at radius 1 is 0.735 bits per heavy atom. The predicted octanol–water partition coefficient (Wildman–Crippen LogP) is 4.76. The minimum atomic E-state index is 0.235. The molecule has 172 valence electrons. The van der Waals surface area contributed by atoms with Crippen molar-refractivity contribution in [1.29, 1.82) is 0 Å². The van der Waals surface area contributed by atoms with Crippen molar-refractivity contribution in [3.05, 3.63) is 96.1 Å². The third kappa shape index (κ3) is 4.77. The first-order chi connectivity index (χ1) is 16.7. The molecule has 5 rings (SSSR count). The quantitative estimate of drug-likeness (QED) is 0.313. The molecule has 0 amide bonds. The van der Waals surface area contributed by atoms with Gasteiger partial charge in [0.2, 0.25) is 0 Å². The summed E-state index contributed by atoms with van der Waals surface area (Å²) in [6, 6.07) is 29.8. The molecule has 0 aliphatic carbocycles. The maximum Gasteiger partial charge on any atom is 0.197 e. The summed E-state index contributed by atoms with van der Waals surface area (Å²) in [5.74, 6) is 1.52. The first-order valence-corrected chi connectivity index (χ1v) is 11.8. The molecule has 0 spiro atoms. The summed E-state index contributed by atoms with van der Waals surface area (Å²) in [4.78, 5) is 21.3. The minimum Gasteiger partial charge on any atom is -0.369 e. The zero-order valence-electron chi connectivity index (χ0n) is 19.7. The number of piperazine rings is 1. The molecule has 0 unspecified atom stereocenters. The van der Waals surface area contributed by atoms with E-state index in [9.17, 15) is 0 Å². The molecule has 1 aliphatic heterocycles. The van der Waals surface area contributed by atoms with Crippen LogP contribution < -0.4 is 4.90 Å². The summed E-state index contributed by atoms with van der Waals surface area (Å²) in [6.07, 6.45) is 1.79. The van der Waals surface area contributed by atoms with Crippen LogP contribution in [0.4, 0.5) is 11.6 Å². The second kappa shape index (κ2) is 10.0. The largest absolute Gasteiger partial charge is 0.369 e. The fourth-order valence-electron chi connectivity index (χ4n) is 4.53. The van der Waals surface area contributed by atoms with E-state index >= 15 is 0 Å². The van der Waals surface area contributed by atoms with Gasteiger partial charge in [0.25, 0.3) is 0 Å². The van der Waals surface area contributed by atoms with Crippen molar-refractivity contribution in [3.8, 4) is 0 Å². The Labute approximate surface area is 201 Å². The van der Waals surface area contributed by atoms with Crippen LogP contribution in [0.5, 0.6) is 0 Å². The second-order valence-electron chi connectivity index (χ2n) is 8.81. The van der Waals surface area contributed by atoms with Crippen LogP contribution in [0, 0.1) is 0 Å². The number of aliphatic imine (C=N–C) groups is 1. The molecular weight excluding hydrogens is 420 g/mol. The highest BCUT2D eigenvalue weighted by Gasteiger charge is 2.28. The molecule has 6 nitrogen and oxygen atoms in total. The van der Waals surface area contributed by atoms with Crippen LogP contribution in [0.25, 0.3) is 11.0 Å². The lowest BCUT2D eigenvalue weighted by Gasteiger charge is -2.40. The van der Waals surface area contributed by atoms with E-state index < -0.39 is 0 Å². The van der Waals surface area contributed by atoms with Crippen LogP contribution in [0.1, 0.15) is 17.2 Å². The van der Waals surface area contributed by atoms with Crippen LogP contribution in [0.3, 0.4) is 0 Å². The van der Waals surface area contributed by atoms with Gasteiger partial charge in [0.15, 0.2) is 11.6 Å². The van der Waals surface area contributed by atoms with Gasteiger partial charge in [-0.2, -0.15) is 0 Å². The molecule has 1 aliphatic rings. The molecule has 34 heavy (non-hydrogen) atoms. The van der Waals surface area contributed by atoms with Gasteiger partial charge in [0.1, 0.15) is 0 Å². The van der Waals surface area contributed by atoms with Crippen LogP contribution in [0.15, 0.2) is 89.9 Å². The van der Waals surface area contributed by atoms with Crippen molar-refractivity contribution in [2.24, 2.45) is 4.99 Å². The van der Waals surface area contributed by atoms with Crippen molar-refractivity contribution >= 4 is 29.0 Å². The zero-order valence-corrected chi connectivity index (χ0v) is 19.7. The normalized spacial score (nSPS) is 14.9. The van der Waals surface area contributed by atoms with Gasteiger partial charge in [-0.15, -0.1) is 0 Å². The van der Waals surface area contributed by atoms with Crippen molar-refractivity contribution in [1.82, 2.24) is 19.8 Å². The monoisotopic (exact) mass is 450 g/mol. The van der Waals surface area contributed by atoms with Gasteiger partial charge in [0.05, 0.1) is 23.4 Å². The summed E-state index contributed by atoms with van der Waals surface area (Å²) in [6.45, 7) is 3.60. The van der Waals surface area contributed by atoms with Gasteiger partial charge in [-0.3, -0.25) is 4.90 Å². The van der Waals surface area contributed by atoms with E-state index in [1.807, 2.05) is 43.3 Å². The van der Waals surface area contributed by atoms with Crippen LogP contribution in [0.2, 0.25) is 0 Å². The SMILES string of the molecule is CN(C)C=Nc1nc2ccccc2nc1N1CCN(C(c2ccccc2)c2ccccc2)CC1. The third-order valence-corrected chi connectivity index (χ3v) is 6.15. The summed E-state index contributed by atoms with van der Waals surface area (Å²) < 4.78 is 0. The number of rotatable bonds is 6. The minimum absolute atomic E-state index is 0.235. The van der Waals surface area contributed by atoms with E-state index in [1.54, 1.807) is 6.34 Å². The molecule has 4 aromatic rings. The standard InChI is InChI=1S/C28H30N6/c1-32(2)21-29-27-28(31-25-16-10-9-15-24(25)30-27)34-19-17-33(18-20-34)26(22-11-5-3-6-12-22)23-13-7-4-8-14-23/h3-16,21,26H,17-20H2,1-2H3. The number of anilines is 1. The highest BCUT2D eigenvalue weighted by molar-refractivity contribution is 5.80. The van der Waals surface area contributed by atoms with Gasteiger partial charge >= 0.3 is 0 Å². The van der Waals surface area contributed by atoms with Gasteiger partial charge in [-0.25, -0.2) is 15.0 Å². The molecule has 1 fully saturated rings. The Balaban J connectivity index is 1.43. The Kier molecular flexibility index (Phi) is 6.49. The van der Waals surface area contributed by atoms with Crippen LogP contribution >= 0.6 is 0 Å². The van der Waals surface area contributed by atoms with Crippen molar-refractivity contribution in [2.45, 2.75) is 6.04 Å². The van der Waals surface area contributed by atoms with Gasteiger partial charge in [-0.1, -0.05) is 72.8 Å². The van der Waals surface area contributed by atoms with Gasteiger partial charge < -0.3 is 9.80 Å². The highest BCUT2D eigenvalue weighted by Crippen LogP contribution is 2.32. The van der Waals surface area contributed by atoms with Crippen molar-refractivity contribution in [2.75, 3.05) is 45.2 Å². The topological polar surface area (TPSA) is 47.9 Å². The molecule has 6 heteroatoms. The lowest BCUT2D eigenvalue weighted by atomic mass is 9.96. The lowest BCUT2D eigenvalue weighted by Crippen LogP contribution is -2.48.